The molecule has 1 atom stereocenters. The zero-order valence-electron chi connectivity index (χ0n) is 12.9. The zero-order valence-corrected chi connectivity index (χ0v) is 12.9. The minimum Gasteiger partial charge on any atom is -0.463 e. The molecule has 20 heavy (non-hydrogen) atoms. The number of piperidine rings is 1. The quantitative estimate of drug-likeness (QED) is 0.490. The first kappa shape index (κ1) is 17.4. The molecule has 0 amide bonds. The minimum absolute atomic E-state index is 0.0629. The highest BCUT2D eigenvalue weighted by Gasteiger charge is 2.40. The number of carbonyl (C=O) groups is 1. The second kappa shape index (κ2) is 10.1. The van der Waals surface area contributed by atoms with Gasteiger partial charge in [0, 0.05) is 26.9 Å². The van der Waals surface area contributed by atoms with Crippen molar-refractivity contribution in [3.8, 4) is 0 Å². The summed E-state index contributed by atoms with van der Waals surface area (Å²) in [5.74, 6) is -0.0629. The highest BCUT2D eigenvalue weighted by molar-refractivity contribution is 5.77. The van der Waals surface area contributed by atoms with Gasteiger partial charge in [0.2, 0.25) is 0 Å². The van der Waals surface area contributed by atoms with E-state index < -0.39 is 0 Å². The van der Waals surface area contributed by atoms with Crippen molar-refractivity contribution in [2.24, 2.45) is 5.41 Å². The molecule has 0 aromatic carbocycles. The maximum absolute atomic E-state index is 12.3. The molecule has 0 aromatic rings. The average molecular weight is 287 g/mol. The second-order valence-electron chi connectivity index (χ2n) is 5.41. The third-order valence-corrected chi connectivity index (χ3v) is 3.73. The fourth-order valence-electron chi connectivity index (χ4n) is 2.69. The van der Waals surface area contributed by atoms with E-state index in [9.17, 15) is 4.79 Å². The summed E-state index contributed by atoms with van der Waals surface area (Å²) < 4.78 is 15.7. The van der Waals surface area contributed by atoms with Crippen molar-refractivity contribution in [2.75, 3.05) is 46.6 Å². The van der Waals surface area contributed by atoms with Gasteiger partial charge in [0.05, 0.1) is 12.0 Å². The third-order valence-electron chi connectivity index (χ3n) is 3.73. The van der Waals surface area contributed by atoms with Gasteiger partial charge in [-0.1, -0.05) is 13.3 Å². The SMILES string of the molecule is CCCC1(C(=O)OCCOCCCOC)CCCNC1. The highest BCUT2D eigenvalue weighted by atomic mass is 16.6. The van der Waals surface area contributed by atoms with Gasteiger partial charge in [0.15, 0.2) is 0 Å². The first-order valence-electron chi connectivity index (χ1n) is 7.70. The van der Waals surface area contributed by atoms with Crippen LogP contribution in [0.15, 0.2) is 0 Å². The summed E-state index contributed by atoms with van der Waals surface area (Å²) in [6, 6.07) is 0. The van der Waals surface area contributed by atoms with Crippen LogP contribution < -0.4 is 5.32 Å². The molecule has 1 fully saturated rings. The molecule has 1 rings (SSSR count). The molecule has 5 heteroatoms. The van der Waals surface area contributed by atoms with Crippen molar-refractivity contribution in [1.82, 2.24) is 5.32 Å². The molecule has 1 heterocycles. The van der Waals surface area contributed by atoms with E-state index in [0.29, 0.717) is 26.4 Å². The molecular weight excluding hydrogens is 258 g/mol. The van der Waals surface area contributed by atoms with Crippen molar-refractivity contribution >= 4 is 5.97 Å². The lowest BCUT2D eigenvalue weighted by molar-refractivity contribution is -0.159. The van der Waals surface area contributed by atoms with E-state index in [1.165, 1.54) is 0 Å². The van der Waals surface area contributed by atoms with Gasteiger partial charge in [0.1, 0.15) is 6.61 Å². The highest BCUT2D eigenvalue weighted by Crippen LogP contribution is 2.32. The third kappa shape index (κ3) is 5.77. The standard InChI is InChI=1S/C15H29NO4/c1-3-6-15(7-4-8-16-13-15)14(17)20-12-11-19-10-5-9-18-2/h16H,3-13H2,1-2H3. The molecule has 0 bridgehead atoms. The molecule has 1 aliphatic rings. The van der Waals surface area contributed by atoms with E-state index in [4.69, 9.17) is 14.2 Å². The summed E-state index contributed by atoms with van der Waals surface area (Å²) in [5.41, 5.74) is -0.316. The lowest BCUT2D eigenvalue weighted by Gasteiger charge is -2.35. The van der Waals surface area contributed by atoms with Crippen LogP contribution in [0.2, 0.25) is 0 Å². The predicted molar refractivity (Wildman–Crippen MR) is 77.7 cm³/mol. The van der Waals surface area contributed by atoms with Gasteiger partial charge in [-0.2, -0.15) is 0 Å². The van der Waals surface area contributed by atoms with Crippen LogP contribution in [0.5, 0.6) is 0 Å². The molecule has 1 saturated heterocycles. The van der Waals surface area contributed by atoms with E-state index in [0.717, 1.165) is 45.2 Å². The Labute approximate surface area is 122 Å². The summed E-state index contributed by atoms with van der Waals surface area (Å²) >= 11 is 0. The van der Waals surface area contributed by atoms with Crippen LogP contribution in [0.25, 0.3) is 0 Å². The number of esters is 1. The van der Waals surface area contributed by atoms with Crippen LogP contribution in [0, 0.1) is 5.41 Å². The van der Waals surface area contributed by atoms with Crippen molar-refractivity contribution < 1.29 is 19.0 Å². The van der Waals surface area contributed by atoms with Gasteiger partial charge in [0.25, 0.3) is 0 Å². The van der Waals surface area contributed by atoms with Crippen LogP contribution in [0.3, 0.4) is 0 Å². The summed E-state index contributed by atoms with van der Waals surface area (Å²) in [6.45, 7) is 6.01. The van der Waals surface area contributed by atoms with Gasteiger partial charge >= 0.3 is 5.97 Å². The van der Waals surface area contributed by atoms with E-state index in [1.807, 2.05) is 0 Å². The Hall–Kier alpha value is -0.650. The molecular formula is C15H29NO4. The second-order valence-corrected chi connectivity index (χ2v) is 5.41. The Kier molecular flexibility index (Phi) is 8.82. The van der Waals surface area contributed by atoms with Crippen LogP contribution in [-0.4, -0.2) is 52.6 Å². The molecule has 0 radical (unpaired) electrons. The summed E-state index contributed by atoms with van der Waals surface area (Å²) in [4.78, 5) is 12.3. The smallest absolute Gasteiger partial charge is 0.313 e. The summed E-state index contributed by atoms with van der Waals surface area (Å²) in [5, 5.41) is 3.32. The van der Waals surface area contributed by atoms with Crippen LogP contribution >= 0.6 is 0 Å². The number of hydrogen-bond acceptors (Lipinski definition) is 5. The molecule has 1 aliphatic heterocycles. The molecule has 118 valence electrons. The molecule has 0 spiro atoms. The number of hydrogen-bond donors (Lipinski definition) is 1. The molecule has 0 aromatic heterocycles. The Balaban J connectivity index is 2.21. The van der Waals surface area contributed by atoms with Crippen molar-refractivity contribution in [3.05, 3.63) is 0 Å². The Morgan fingerprint density at radius 3 is 2.75 bits per heavy atom. The monoisotopic (exact) mass is 287 g/mol. The van der Waals surface area contributed by atoms with Crippen LogP contribution in [-0.2, 0) is 19.0 Å². The van der Waals surface area contributed by atoms with Crippen molar-refractivity contribution in [3.63, 3.8) is 0 Å². The van der Waals surface area contributed by atoms with E-state index in [1.54, 1.807) is 7.11 Å². The Morgan fingerprint density at radius 1 is 1.25 bits per heavy atom. The molecule has 5 nitrogen and oxygen atoms in total. The first-order chi connectivity index (χ1) is 9.75. The Bertz CT molecular complexity index is 259. The molecule has 1 N–H and O–H groups in total. The maximum atomic E-state index is 12.3. The minimum atomic E-state index is -0.316. The van der Waals surface area contributed by atoms with Crippen LogP contribution in [0.4, 0.5) is 0 Å². The Morgan fingerprint density at radius 2 is 2.10 bits per heavy atom. The lowest BCUT2D eigenvalue weighted by Crippen LogP contribution is -2.46. The predicted octanol–water partition coefficient (Wildman–Crippen LogP) is 1.75. The fraction of sp³-hybridized carbons (Fsp3) is 0.933. The number of nitrogens with one attached hydrogen (secondary N) is 1. The summed E-state index contributed by atoms with van der Waals surface area (Å²) in [6.07, 6.45) is 4.75. The van der Waals surface area contributed by atoms with Crippen LogP contribution in [0.1, 0.15) is 39.0 Å². The maximum Gasteiger partial charge on any atom is 0.313 e. The first-order valence-corrected chi connectivity index (χ1v) is 7.70. The molecule has 0 saturated carbocycles. The van der Waals surface area contributed by atoms with E-state index in [2.05, 4.69) is 12.2 Å². The number of ether oxygens (including phenoxy) is 3. The van der Waals surface area contributed by atoms with Crippen molar-refractivity contribution in [2.45, 2.75) is 39.0 Å². The van der Waals surface area contributed by atoms with Gasteiger partial charge in [-0.25, -0.2) is 0 Å². The molecule has 0 aliphatic carbocycles. The lowest BCUT2D eigenvalue weighted by atomic mass is 9.77. The fourth-order valence-corrected chi connectivity index (χ4v) is 2.69. The molecule has 1 unspecified atom stereocenters. The summed E-state index contributed by atoms with van der Waals surface area (Å²) in [7, 11) is 1.67. The normalized spacial score (nSPS) is 22.7. The number of methoxy groups -OCH3 is 1. The number of rotatable bonds is 10. The largest absolute Gasteiger partial charge is 0.463 e. The van der Waals surface area contributed by atoms with E-state index >= 15 is 0 Å². The van der Waals surface area contributed by atoms with Gasteiger partial charge in [-0.15, -0.1) is 0 Å². The van der Waals surface area contributed by atoms with Crippen molar-refractivity contribution in [1.29, 1.82) is 0 Å². The van der Waals surface area contributed by atoms with E-state index in [-0.39, 0.29) is 11.4 Å². The average Bonchev–Trinajstić information content (AvgIpc) is 2.47. The van der Waals surface area contributed by atoms with Gasteiger partial charge < -0.3 is 19.5 Å². The topological polar surface area (TPSA) is 56.8 Å². The van der Waals surface area contributed by atoms with Gasteiger partial charge in [-0.3, -0.25) is 4.79 Å². The van der Waals surface area contributed by atoms with Gasteiger partial charge in [-0.05, 0) is 32.2 Å². The zero-order chi connectivity index (χ0) is 14.7. The number of carbonyl (C=O) groups excluding carboxylic acids is 1.